The molecule has 1 aromatic rings. The Morgan fingerprint density at radius 1 is 1.32 bits per heavy atom. The standard InChI is InChI=1S/C15H23ClN2O/c16-15-9-12(10-17)5-6-13(15)11-18(7-8-19)14-3-1-2-4-14/h5-6,9,14,19H,1-4,7-8,10-11,17H2. The largest absolute Gasteiger partial charge is 0.395 e. The molecule has 1 aromatic carbocycles. The molecule has 0 spiro atoms. The first kappa shape index (κ1) is 14.8. The van der Waals surface area contributed by atoms with Crippen LogP contribution in [0.2, 0.25) is 5.02 Å². The van der Waals surface area contributed by atoms with Gasteiger partial charge in [-0.1, -0.05) is 36.6 Å². The Balaban J connectivity index is 2.07. The van der Waals surface area contributed by atoms with Crippen LogP contribution in [0.15, 0.2) is 18.2 Å². The molecule has 0 aliphatic heterocycles. The van der Waals surface area contributed by atoms with Gasteiger partial charge in [0.25, 0.3) is 0 Å². The van der Waals surface area contributed by atoms with Gasteiger partial charge < -0.3 is 10.8 Å². The third-order valence-electron chi connectivity index (χ3n) is 3.95. The molecule has 0 heterocycles. The Labute approximate surface area is 120 Å². The van der Waals surface area contributed by atoms with Gasteiger partial charge in [0.1, 0.15) is 0 Å². The number of rotatable bonds is 6. The highest BCUT2D eigenvalue weighted by molar-refractivity contribution is 6.31. The van der Waals surface area contributed by atoms with Crippen LogP contribution in [0.1, 0.15) is 36.8 Å². The maximum Gasteiger partial charge on any atom is 0.0558 e. The second kappa shape index (κ2) is 7.25. The molecular formula is C15H23ClN2O. The van der Waals surface area contributed by atoms with Crippen LogP contribution in [-0.4, -0.2) is 29.2 Å². The molecule has 0 atom stereocenters. The van der Waals surface area contributed by atoms with Crippen LogP contribution in [0.3, 0.4) is 0 Å². The van der Waals surface area contributed by atoms with Crippen LogP contribution >= 0.6 is 11.6 Å². The molecule has 1 fully saturated rings. The van der Waals surface area contributed by atoms with E-state index in [1.54, 1.807) is 0 Å². The SMILES string of the molecule is NCc1ccc(CN(CCO)C2CCCC2)c(Cl)c1. The van der Waals surface area contributed by atoms with Crippen molar-refractivity contribution >= 4 is 11.6 Å². The molecule has 3 nitrogen and oxygen atoms in total. The lowest BCUT2D eigenvalue weighted by atomic mass is 10.1. The van der Waals surface area contributed by atoms with E-state index in [9.17, 15) is 5.11 Å². The van der Waals surface area contributed by atoms with E-state index in [1.807, 2.05) is 12.1 Å². The van der Waals surface area contributed by atoms with E-state index in [-0.39, 0.29) is 6.61 Å². The molecule has 0 aromatic heterocycles. The molecule has 1 aliphatic rings. The molecule has 3 N–H and O–H groups in total. The second-order valence-corrected chi connectivity index (χ2v) is 5.67. The lowest BCUT2D eigenvalue weighted by Crippen LogP contribution is -2.35. The Morgan fingerprint density at radius 3 is 2.63 bits per heavy atom. The fraction of sp³-hybridized carbons (Fsp3) is 0.600. The van der Waals surface area contributed by atoms with Gasteiger partial charge in [0.15, 0.2) is 0 Å². The van der Waals surface area contributed by atoms with Crippen molar-refractivity contribution in [1.82, 2.24) is 4.90 Å². The number of hydrogen-bond acceptors (Lipinski definition) is 3. The summed E-state index contributed by atoms with van der Waals surface area (Å²) in [6.07, 6.45) is 5.07. The average Bonchev–Trinajstić information content (AvgIpc) is 2.94. The van der Waals surface area contributed by atoms with Crippen molar-refractivity contribution in [2.75, 3.05) is 13.2 Å². The molecule has 2 rings (SSSR count). The van der Waals surface area contributed by atoms with Crippen molar-refractivity contribution in [1.29, 1.82) is 0 Å². The van der Waals surface area contributed by atoms with Gasteiger partial charge in [0.2, 0.25) is 0 Å². The third-order valence-corrected chi connectivity index (χ3v) is 4.31. The summed E-state index contributed by atoms with van der Waals surface area (Å²) in [5.74, 6) is 0. The van der Waals surface area contributed by atoms with E-state index in [0.29, 0.717) is 12.6 Å². The zero-order chi connectivity index (χ0) is 13.7. The summed E-state index contributed by atoms with van der Waals surface area (Å²) in [4.78, 5) is 2.36. The van der Waals surface area contributed by atoms with Crippen LogP contribution in [-0.2, 0) is 13.1 Å². The summed E-state index contributed by atoms with van der Waals surface area (Å²) in [7, 11) is 0. The van der Waals surface area contributed by atoms with Gasteiger partial charge in [-0.25, -0.2) is 0 Å². The summed E-state index contributed by atoms with van der Waals surface area (Å²) in [5, 5.41) is 10.0. The highest BCUT2D eigenvalue weighted by Crippen LogP contribution is 2.27. The first-order chi connectivity index (χ1) is 9.24. The van der Waals surface area contributed by atoms with Gasteiger partial charge in [0.05, 0.1) is 6.61 Å². The molecule has 1 saturated carbocycles. The Bertz CT molecular complexity index is 405. The maximum atomic E-state index is 9.24. The molecule has 4 heteroatoms. The van der Waals surface area contributed by atoms with Crippen molar-refractivity contribution < 1.29 is 5.11 Å². The number of benzene rings is 1. The number of hydrogen-bond donors (Lipinski definition) is 2. The third kappa shape index (κ3) is 3.93. The highest BCUT2D eigenvalue weighted by atomic mass is 35.5. The predicted octanol–water partition coefficient (Wildman–Crippen LogP) is 2.54. The summed E-state index contributed by atoms with van der Waals surface area (Å²) in [5.41, 5.74) is 7.80. The number of halogens is 1. The van der Waals surface area contributed by atoms with Crippen LogP contribution < -0.4 is 5.73 Å². The smallest absolute Gasteiger partial charge is 0.0558 e. The average molecular weight is 283 g/mol. The van der Waals surface area contributed by atoms with E-state index in [2.05, 4.69) is 11.0 Å². The van der Waals surface area contributed by atoms with Crippen molar-refractivity contribution in [3.05, 3.63) is 34.3 Å². The van der Waals surface area contributed by atoms with E-state index >= 15 is 0 Å². The van der Waals surface area contributed by atoms with Gasteiger partial charge in [-0.05, 0) is 30.0 Å². The van der Waals surface area contributed by atoms with Crippen molar-refractivity contribution in [3.8, 4) is 0 Å². The maximum absolute atomic E-state index is 9.24. The van der Waals surface area contributed by atoms with Crippen molar-refractivity contribution in [3.63, 3.8) is 0 Å². The van der Waals surface area contributed by atoms with Gasteiger partial charge in [0, 0.05) is 30.7 Å². The minimum Gasteiger partial charge on any atom is -0.395 e. The molecular weight excluding hydrogens is 260 g/mol. The number of nitrogens with zero attached hydrogens (tertiary/aromatic N) is 1. The van der Waals surface area contributed by atoms with Gasteiger partial charge in [-0.15, -0.1) is 0 Å². The Kier molecular flexibility index (Phi) is 5.64. The topological polar surface area (TPSA) is 49.5 Å². The number of nitrogens with two attached hydrogens (primary N) is 1. The fourth-order valence-electron chi connectivity index (χ4n) is 2.85. The van der Waals surface area contributed by atoms with Gasteiger partial charge in [-0.3, -0.25) is 4.90 Å². The summed E-state index contributed by atoms with van der Waals surface area (Å²) >= 11 is 6.31. The lowest BCUT2D eigenvalue weighted by Gasteiger charge is -2.28. The van der Waals surface area contributed by atoms with Crippen LogP contribution in [0.5, 0.6) is 0 Å². The fourth-order valence-corrected chi connectivity index (χ4v) is 3.12. The summed E-state index contributed by atoms with van der Waals surface area (Å²) < 4.78 is 0. The van der Waals surface area contributed by atoms with E-state index in [4.69, 9.17) is 17.3 Å². The predicted molar refractivity (Wildman–Crippen MR) is 79.1 cm³/mol. The second-order valence-electron chi connectivity index (χ2n) is 5.26. The minimum atomic E-state index is 0.203. The van der Waals surface area contributed by atoms with Crippen LogP contribution in [0.25, 0.3) is 0 Å². The number of aliphatic hydroxyl groups excluding tert-OH is 1. The molecule has 0 unspecified atom stereocenters. The molecule has 0 amide bonds. The molecule has 106 valence electrons. The Morgan fingerprint density at radius 2 is 2.05 bits per heavy atom. The monoisotopic (exact) mass is 282 g/mol. The molecule has 19 heavy (non-hydrogen) atoms. The lowest BCUT2D eigenvalue weighted by molar-refractivity contribution is 0.145. The normalized spacial score (nSPS) is 16.4. The first-order valence-corrected chi connectivity index (χ1v) is 7.44. The van der Waals surface area contributed by atoms with Gasteiger partial charge in [-0.2, -0.15) is 0 Å². The molecule has 0 radical (unpaired) electrons. The van der Waals surface area contributed by atoms with Crippen LogP contribution in [0.4, 0.5) is 0 Å². The molecule has 0 bridgehead atoms. The van der Waals surface area contributed by atoms with E-state index in [1.165, 1.54) is 25.7 Å². The quantitative estimate of drug-likeness (QED) is 0.843. The van der Waals surface area contributed by atoms with Crippen molar-refractivity contribution in [2.45, 2.75) is 44.8 Å². The minimum absolute atomic E-state index is 0.203. The number of aliphatic hydroxyl groups is 1. The van der Waals surface area contributed by atoms with Crippen LogP contribution in [0, 0.1) is 0 Å². The van der Waals surface area contributed by atoms with E-state index in [0.717, 1.165) is 29.2 Å². The highest BCUT2D eigenvalue weighted by Gasteiger charge is 2.22. The Hall–Kier alpha value is -0.610. The van der Waals surface area contributed by atoms with Gasteiger partial charge >= 0.3 is 0 Å². The first-order valence-electron chi connectivity index (χ1n) is 7.07. The van der Waals surface area contributed by atoms with Crippen molar-refractivity contribution in [2.24, 2.45) is 5.73 Å². The summed E-state index contributed by atoms with van der Waals surface area (Å²) in [6.45, 7) is 2.26. The molecule has 1 aliphatic carbocycles. The molecule has 0 saturated heterocycles. The zero-order valence-corrected chi connectivity index (χ0v) is 12.1. The van der Waals surface area contributed by atoms with E-state index < -0.39 is 0 Å². The zero-order valence-electron chi connectivity index (χ0n) is 11.3. The summed E-state index contributed by atoms with van der Waals surface area (Å²) in [6, 6.07) is 6.64.